The Morgan fingerprint density at radius 2 is 1.85 bits per heavy atom. The van der Waals surface area contributed by atoms with Gasteiger partial charge in [-0.25, -0.2) is 9.37 Å². The van der Waals surface area contributed by atoms with Gasteiger partial charge in [-0.05, 0) is 24.3 Å². The largest absolute Gasteiger partial charge is 0.441 e. The molecule has 26 heavy (non-hydrogen) atoms. The van der Waals surface area contributed by atoms with Gasteiger partial charge in [0.15, 0.2) is 17.4 Å². The van der Waals surface area contributed by atoms with Crippen LogP contribution in [0.5, 0.6) is 0 Å². The number of carbonyl (C=O) groups is 1. The molecule has 0 unspecified atom stereocenters. The van der Waals surface area contributed by atoms with Crippen LogP contribution in [0.15, 0.2) is 34.9 Å². The normalized spacial score (nSPS) is 19.2. The Morgan fingerprint density at radius 3 is 2.54 bits per heavy atom. The van der Waals surface area contributed by atoms with E-state index >= 15 is 0 Å². The Balaban J connectivity index is 1.29. The molecule has 2 aliphatic heterocycles. The van der Waals surface area contributed by atoms with Crippen molar-refractivity contribution in [1.29, 1.82) is 0 Å². The number of aromatic nitrogens is 1. The lowest BCUT2D eigenvalue weighted by Gasteiger charge is -2.37. The highest BCUT2D eigenvalue weighted by Gasteiger charge is 2.40. The summed E-state index contributed by atoms with van der Waals surface area (Å²) in [4.78, 5) is 18.5. The maximum atomic E-state index is 13.0. The first kappa shape index (κ1) is 17.2. The molecule has 2 aliphatic rings. The number of carbonyl (C=O) groups excluding carboxylic acids is 1. The summed E-state index contributed by atoms with van der Waals surface area (Å²) in [5.74, 6) is 0.398. The third-order valence-corrected chi connectivity index (χ3v) is 4.93. The van der Waals surface area contributed by atoms with E-state index in [0.717, 1.165) is 5.56 Å². The van der Waals surface area contributed by atoms with Crippen molar-refractivity contribution >= 4 is 5.91 Å². The van der Waals surface area contributed by atoms with E-state index in [1.165, 1.54) is 12.1 Å². The lowest BCUT2D eigenvalue weighted by atomic mass is 10.0. The zero-order valence-corrected chi connectivity index (χ0v) is 14.4. The van der Waals surface area contributed by atoms with E-state index in [-0.39, 0.29) is 11.7 Å². The summed E-state index contributed by atoms with van der Waals surface area (Å²) in [5, 5.41) is 0. The predicted octanol–water partition coefficient (Wildman–Crippen LogP) is 2.78. The number of piperidine rings is 1. The van der Waals surface area contributed by atoms with Crippen molar-refractivity contribution < 1.29 is 23.1 Å². The van der Waals surface area contributed by atoms with Gasteiger partial charge in [0.25, 0.3) is 0 Å². The van der Waals surface area contributed by atoms with Crippen LogP contribution in [0.2, 0.25) is 0 Å². The lowest BCUT2D eigenvalue weighted by Crippen LogP contribution is -2.47. The van der Waals surface area contributed by atoms with Crippen molar-refractivity contribution in [2.75, 3.05) is 26.3 Å². The molecular weight excluding hydrogens is 339 g/mol. The van der Waals surface area contributed by atoms with Crippen LogP contribution in [0, 0.1) is 5.82 Å². The van der Waals surface area contributed by atoms with Gasteiger partial charge in [-0.2, -0.15) is 0 Å². The van der Waals surface area contributed by atoms with Crippen LogP contribution in [0.3, 0.4) is 0 Å². The molecule has 1 spiro atoms. The molecule has 0 saturated carbocycles. The predicted molar refractivity (Wildman–Crippen MR) is 90.7 cm³/mol. The molecule has 2 aromatic rings. The number of hydrogen-bond donors (Lipinski definition) is 0. The second kappa shape index (κ2) is 7.17. The van der Waals surface area contributed by atoms with E-state index in [1.807, 2.05) is 4.90 Å². The summed E-state index contributed by atoms with van der Waals surface area (Å²) in [6, 6.07) is 6.03. The number of hydrogen-bond acceptors (Lipinski definition) is 5. The monoisotopic (exact) mass is 360 g/mol. The fourth-order valence-corrected chi connectivity index (χ4v) is 3.43. The number of nitrogens with zero attached hydrogens (tertiary/aromatic N) is 2. The van der Waals surface area contributed by atoms with Crippen molar-refractivity contribution in [3.8, 4) is 11.3 Å². The molecule has 1 aromatic heterocycles. The van der Waals surface area contributed by atoms with Crippen LogP contribution in [-0.4, -0.2) is 47.9 Å². The number of likely N-dealkylation sites (tertiary alicyclic amines) is 1. The molecular formula is C19H21FN2O4. The van der Waals surface area contributed by atoms with Crippen LogP contribution in [0.4, 0.5) is 4.39 Å². The van der Waals surface area contributed by atoms with Gasteiger partial charge in [-0.15, -0.1) is 0 Å². The highest BCUT2D eigenvalue weighted by molar-refractivity contribution is 5.76. The molecule has 0 bridgehead atoms. The molecule has 3 heterocycles. The van der Waals surface area contributed by atoms with E-state index in [0.29, 0.717) is 63.6 Å². The first-order chi connectivity index (χ1) is 12.6. The second-order valence-electron chi connectivity index (χ2n) is 6.61. The lowest BCUT2D eigenvalue weighted by molar-refractivity contribution is -0.187. The zero-order valence-electron chi connectivity index (χ0n) is 14.4. The Bertz CT molecular complexity index is 758. The minimum absolute atomic E-state index is 0.0828. The number of benzene rings is 1. The van der Waals surface area contributed by atoms with Crippen molar-refractivity contribution in [2.45, 2.75) is 31.5 Å². The van der Waals surface area contributed by atoms with Gasteiger partial charge in [-0.1, -0.05) is 0 Å². The van der Waals surface area contributed by atoms with Crippen molar-refractivity contribution in [2.24, 2.45) is 0 Å². The fourth-order valence-electron chi connectivity index (χ4n) is 3.43. The summed E-state index contributed by atoms with van der Waals surface area (Å²) in [5.41, 5.74) is 0.759. The van der Waals surface area contributed by atoms with Crippen molar-refractivity contribution in [1.82, 2.24) is 9.88 Å². The molecule has 0 atom stereocenters. The molecule has 6 nitrogen and oxygen atoms in total. The molecule has 2 fully saturated rings. The average Bonchev–Trinajstić information content (AvgIpc) is 3.31. The fraction of sp³-hybridized carbons (Fsp3) is 0.474. The van der Waals surface area contributed by atoms with E-state index in [1.54, 1.807) is 18.3 Å². The standard InChI is InChI=1S/C19H21FN2O4/c20-15-3-1-14(2-4-15)16-13-21-17(26-16)5-6-18(23)22-9-7-19(8-10-22)24-11-12-25-19/h1-4,13H,5-12H2. The molecule has 1 aromatic carbocycles. The summed E-state index contributed by atoms with van der Waals surface area (Å²) < 4.78 is 30.0. The first-order valence-electron chi connectivity index (χ1n) is 8.90. The molecule has 2 saturated heterocycles. The van der Waals surface area contributed by atoms with E-state index < -0.39 is 5.79 Å². The highest BCUT2D eigenvalue weighted by atomic mass is 19.1. The second-order valence-corrected chi connectivity index (χ2v) is 6.61. The minimum Gasteiger partial charge on any atom is -0.441 e. The summed E-state index contributed by atoms with van der Waals surface area (Å²) >= 11 is 0. The topological polar surface area (TPSA) is 64.8 Å². The van der Waals surface area contributed by atoms with Gasteiger partial charge < -0.3 is 18.8 Å². The van der Waals surface area contributed by atoms with Gasteiger partial charge in [0.1, 0.15) is 5.82 Å². The SMILES string of the molecule is O=C(CCc1ncc(-c2ccc(F)cc2)o1)N1CCC2(CC1)OCCO2. The number of aryl methyl sites for hydroxylation is 1. The van der Waals surface area contributed by atoms with Crippen LogP contribution >= 0.6 is 0 Å². The van der Waals surface area contributed by atoms with Gasteiger partial charge in [-0.3, -0.25) is 4.79 Å². The number of ether oxygens (including phenoxy) is 2. The molecule has 0 aliphatic carbocycles. The molecule has 138 valence electrons. The number of amides is 1. The summed E-state index contributed by atoms with van der Waals surface area (Å²) in [7, 11) is 0. The molecule has 0 radical (unpaired) electrons. The van der Waals surface area contributed by atoms with Crippen LogP contribution in [-0.2, 0) is 20.7 Å². The number of oxazole rings is 1. The summed E-state index contributed by atoms with van der Waals surface area (Å²) in [6.45, 7) is 2.56. The van der Waals surface area contributed by atoms with Crippen LogP contribution in [0.25, 0.3) is 11.3 Å². The van der Waals surface area contributed by atoms with Gasteiger partial charge >= 0.3 is 0 Å². The van der Waals surface area contributed by atoms with Crippen LogP contribution < -0.4 is 0 Å². The quantitative estimate of drug-likeness (QED) is 0.839. The maximum absolute atomic E-state index is 13.0. The summed E-state index contributed by atoms with van der Waals surface area (Å²) in [6.07, 6.45) is 3.82. The van der Waals surface area contributed by atoms with E-state index in [9.17, 15) is 9.18 Å². The molecule has 1 amide bonds. The highest BCUT2D eigenvalue weighted by Crippen LogP contribution is 2.31. The third kappa shape index (κ3) is 3.64. The smallest absolute Gasteiger partial charge is 0.223 e. The molecule has 7 heteroatoms. The van der Waals surface area contributed by atoms with Gasteiger partial charge in [0, 0.05) is 44.3 Å². The Morgan fingerprint density at radius 1 is 1.15 bits per heavy atom. The number of halogens is 1. The van der Waals surface area contributed by atoms with Crippen molar-refractivity contribution in [3.05, 3.63) is 42.2 Å². The Kier molecular flexibility index (Phi) is 4.74. The van der Waals surface area contributed by atoms with Crippen LogP contribution in [0.1, 0.15) is 25.2 Å². The molecule has 4 rings (SSSR count). The van der Waals surface area contributed by atoms with E-state index in [2.05, 4.69) is 4.98 Å². The Labute approximate surface area is 150 Å². The third-order valence-electron chi connectivity index (χ3n) is 4.93. The molecule has 0 N–H and O–H groups in total. The van der Waals surface area contributed by atoms with Gasteiger partial charge in [0.05, 0.1) is 19.4 Å². The van der Waals surface area contributed by atoms with Gasteiger partial charge in [0.2, 0.25) is 5.91 Å². The zero-order chi connectivity index (χ0) is 18.0. The average molecular weight is 360 g/mol. The first-order valence-corrected chi connectivity index (χ1v) is 8.90. The van der Waals surface area contributed by atoms with E-state index in [4.69, 9.17) is 13.9 Å². The minimum atomic E-state index is -0.469. The maximum Gasteiger partial charge on any atom is 0.223 e. The number of rotatable bonds is 4. The Hall–Kier alpha value is -2.25. The van der Waals surface area contributed by atoms with Crippen molar-refractivity contribution in [3.63, 3.8) is 0 Å².